The van der Waals surface area contributed by atoms with Crippen molar-refractivity contribution in [3.05, 3.63) is 129 Å². The predicted octanol–water partition coefficient (Wildman–Crippen LogP) is -1.79. The van der Waals surface area contributed by atoms with Crippen molar-refractivity contribution in [2.45, 2.75) is 32.1 Å². The van der Waals surface area contributed by atoms with Crippen LogP contribution in [-0.4, -0.2) is 0 Å². The average Bonchev–Trinajstić information content (AvgIpc) is 3.18. The van der Waals surface area contributed by atoms with Gasteiger partial charge >= 0.3 is 187 Å². The first-order chi connectivity index (χ1) is 14.2. The van der Waals surface area contributed by atoms with E-state index in [0.29, 0.717) is 5.92 Å². The summed E-state index contributed by atoms with van der Waals surface area (Å²) >= 11 is 2.32. The Balaban J connectivity index is 0.00000171. The van der Waals surface area contributed by atoms with Crippen molar-refractivity contribution in [1.82, 2.24) is 0 Å². The molecule has 0 spiro atoms. The number of hydrogen-bond donors (Lipinski definition) is 0. The van der Waals surface area contributed by atoms with E-state index in [2.05, 4.69) is 131 Å². The molecule has 0 nitrogen and oxygen atoms in total. The third-order valence-electron chi connectivity index (χ3n) is 6.26. The summed E-state index contributed by atoms with van der Waals surface area (Å²) < 4.78 is 1.48. The minimum atomic E-state index is -0.306. The van der Waals surface area contributed by atoms with Gasteiger partial charge in [-0.25, -0.2) is 0 Å². The minimum Gasteiger partial charge on any atom is -1.00 e. The molecule has 0 radical (unpaired) electrons. The van der Waals surface area contributed by atoms with Gasteiger partial charge in [0, 0.05) is 0 Å². The number of rotatable bonds is 6. The molecular weight excluding hydrogens is 491 g/mol. The van der Waals surface area contributed by atoms with Gasteiger partial charge in [-0.3, -0.25) is 0 Å². The largest absolute Gasteiger partial charge is 1.00 e. The summed E-state index contributed by atoms with van der Waals surface area (Å²) in [5.41, 5.74) is 6.71. The zero-order valence-electron chi connectivity index (χ0n) is 18.4. The van der Waals surface area contributed by atoms with E-state index in [0.717, 1.165) is 12.8 Å². The summed E-state index contributed by atoms with van der Waals surface area (Å²) in [7, 11) is 0. The molecule has 0 bridgehead atoms. The zero-order chi connectivity index (χ0) is 20.3. The summed E-state index contributed by atoms with van der Waals surface area (Å²) in [6.07, 6.45) is 4.67. The Morgan fingerprint density at radius 2 is 1.09 bits per heavy atom. The fourth-order valence-electron chi connectivity index (χ4n) is 4.70. The van der Waals surface area contributed by atoms with Crippen molar-refractivity contribution in [2.24, 2.45) is 5.92 Å². The van der Waals surface area contributed by atoms with E-state index < -0.39 is 0 Å². The topological polar surface area (TPSA) is 0 Å². The van der Waals surface area contributed by atoms with Crippen LogP contribution in [0.5, 0.6) is 0 Å². The quantitative estimate of drug-likeness (QED) is 0.268. The first kappa shape index (κ1) is 28.8. The summed E-state index contributed by atoms with van der Waals surface area (Å²) in [6.45, 7) is 4.67. The molecule has 0 fully saturated rings. The van der Waals surface area contributed by atoms with Crippen molar-refractivity contribution in [3.63, 3.8) is 0 Å². The fourth-order valence-corrected chi connectivity index (χ4v) is 5.38. The van der Waals surface area contributed by atoms with Gasteiger partial charge in [0.15, 0.2) is 0 Å². The van der Waals surface area contributed by atoms with Crippen molar-refractivity contribution in [2.75, 3.05) is 0 Å². The normalized spacial score (nSPS) is 13.9. The Labute approximate surface area is 223 Å². The molecule has 32 heavy (non-hydrogen) atoms. The predicted molar refractivity (Wildman–Crippen MR) is 118 cm³/mol. The molecule has 3 aromatic rings. The molecule has 164 valence electrons. The molecule has 1 unspecified atom stereocenters. The Morgan fingerprint density at radius 1 is 0.719 bits per heavy atom. The average molecular weight is 518 g/mol. The van der Waals surface area contributed by atoms with E-state index >= 15 is 0 Å². The SMILES string of the molecule is CCC(C)C1=CC[C]([Ti+3])=C1C(c1ccccc1)(c1ccccc1)c1ccccc1.[Cl-].[Cl-].[Cl-]. The van der Waals surface area contributed by atoms with Gasteiger partial charge in [-0.1, -0.05) is 0 Å². The van der Waals surface area contributed by atoms with Gasteiger partial charge in [0.1, 0.15) is 0 Å². The number of allylic oxidation sites excluding steroid dienone is 4. The zero-order valence-corrected chi connectivity index (χ0v) is 22.2. The molecular formula is C28H27Cl3Ti. The van der Waals surface area contributed by atoms with Crippen LogP contribution in [0, 0.1) is 5.92 Å². The van der Waals surface area contributed by atoms with Crippen LogP contribution in [0.2, 0.25) is 0 Å². The van der Waals surface area contributed by atoms with Crippen molar-refractivity contribution < 1.29 is 57.7 Å². The maximum atomic E-state index is 2.47. The Bertz CT molecular complexity index is 931. The van der Waals surface area contributed by atoms with E-state index in [-0.39, 0.29) is 42.6 Å². The number of benzene rings is 3. The van der Waals surface area contributed by atoms with Crippen molar-refractivity contribution in [1.29, 1.82) is 0 Å². The summed E-state index contributed by atoms with van der Waals surface area (Å²) in [5.74, 6) is 0.540. The first-order valence-corrected chi connectivity index (χ1v) is 11.3. The standard InChI is InChI=1S/C28H27.3ClH.Ti/c1-3-22(2)26-20-13-21-27(26)28(23-14-7-4-8-15-23,24-16-9-5-10-17-24)25-18-11-6-12-19-25;;;;/h4-12,14-20,22H,3,13H2,1-2H3;3*1H;/q;;;;+3/p-3. The van der Waals surface area contributed by atoms with Gasteiger partial charge in [0.05, 0.1) is 0 Å². The van der Waals surface area contributed by atoms with Gasteiger partial charge in [-0.15, -0.1) is 0 Å². The number of hydrogen-bond acceptors (Lipinski definition) is 0. The van der Waals surface area contributed by atoms with E-state index in [1.165, 1.54) is 31.7 Å². The molecule has 0 amide bonds. The van der Waals surface area contributed by atoms with Gasteiger partial charge in [0.25, 0.3) is 0 Å². The van der Waals surface area contributed by atoms with Gasteiger partial charge < -0.3 is 37.2 Å². The maximum Gasteiger partial charge on any atom is -1.00 e. The van der Waals surface area contributed by atoms with Crippen LogP contribution >= 0.6 is 0 Å². The summed E-state index contributed by atoms with van der Waals surface area (Å²) in [4.78, 5) is 0. The van der Waals surface area contributed by atoms with Crippen LogP contribution in [0.3, 0.4) is 0 Å². The van der Waals surface area contributed by atoms with Gasteiger partial charge in [0.2, 0.25) is 0 Å². The van der Waals surface area contributed by atoms with Crippen LogP contribution in [-0.2, 0) is 25.9 Å². The maximum absolute atomic E-state index is 2.47. The third kappa shape index (κ3) is 5.11. The van der Waals surface area contributed by atoms with E-state index in [1.54, 1.807) is 0 Å². The van der Waals surface area contributed by atoms with Crippen LogP contribution in [0.25, 0.3) is 0 Å². The Morgan fingerprint density at radius 3 is 1.44 bits per heavy atom. The van der Waals surface area contributed by atoms with E-state index in [4.69, 9.17) is 0 Å². The molecule has 4 rings (SSSR count). The van der Waals surface area contributed by atoms with Crippen molar-refractivity contribution >= 4 is 0 Å². The molecule has 1 aliphatic carbocycles. The molecule has 1 aliphatic rings. The van der Waals surface area contributed by atoms with E-state index in [1.807, 2.05) is 0 Å². The van der Waals surface area contributed by atoms with Crippen LogP contribution in [0.1, 0.15) is 43.4 Å². The molecule has 4 heteroatoms. The third-order valence-corrected chi connectivity index (χ3v) is 6.96. The Kier molecular flexibility index (Phi) is 11.5. The van der Waals surface area contributed by atoms with Gasteiger partial charge in [-0.05, 0) is 0 Å². The smallest absolute Gasteiger partial charge is 1.00 e. The van der Waals surface area contributed by atoms with Crippen LogP contribution < -0.4 is 37.2 Å². The second-order valence-corrected chi connectivity index (χ2v) is 8.82. The molecule has 0 saturated heterocycles. The molecule has 0 aliphatic heterocycles. The Hall–Kier alpha value is -1.28. The number of halogens is 3. The molecule has 0 aromatic heterocycles. The summed E-state index contributed by atoms with van der Waals surface area (Å²) in [6, 6.07) is 33.2. The second kappa shape index (κ2) is 12.8. The van der Waals surface area contributed by atoms with Gasteiger partial charge in [-0.2, -0.15) is 0 Å². The van der Waals surface area contributed by atoms with Crippen LogP contribution in [0.15, 0.2) is 112 Å². The molecule has 0 saturated carbocycles. The molecule has 1 atom stereocenters. The minimum absolute atomic E-state index is 0. The molecule has 0 heterocycles. The molecule has 0 N–H and O–H groups in total. The van der Waals surface area contributed by atoms with E-state index in [9.17, 15) is 0 Å². The van der Waals surface area contributed by atoms with Crippen LogP contribution in [0.4, 0.5) is 0 Å². The van der Waals surface area contributed by atoms with Crippen molar-refractivity contribution in [3.8, 4) is 0 Å². The second-order valence-electron chi connectivity index (χ2n) is 7.87. The summed E-state index contributed by atoms with van der Waals surface area (Å²) in [5, 5.41) is 0. The first-order valence-electron chi connectivity index (χ1n) is 10.5. The molecule has 3 aromatic carbocycles. The monoisotopic (exact) mass is 516 g/mol. The fraction of sp³-hybridized carbons (Fsp3) is 0.214.